The van der Waals surface area contributed by atoms with Gasteiger partial charge in [-0.1, -0.05) is 12.1 Å². The first kappa shape index (κ1) is 22.1. The molecule has 0 aromatic heterocycles. The smallest absolute Gasteiger partial charge is 0.327 e. The van der Waals surface area contributed by atoms with E-state index in [0.717, 1.165) is 16.7 Å². The molecule has 10 heteroatoms. The summed E-state index contributed by atoms with van der Waals surface area (Å²) in [7, 11) is 0. The van der Waals surface area contributed by atoms with E-state index in [9.17, 15) is 28.7 Å². The third kappa shape index (κ3) is 4.43. The maximum atomic E-state index is 13.6. The number of benzene rings is 1. The van der Waals surface area contributed by atoms with Gasteiger partial charge in [-0.3, -0.25) is 14.5 Å². The van der Waals surface area contributed by atoms with Crippen molar-refractivity contribution in [1.82, 2.24) is 14.7 Å². The molecule has 0 unspecified atom stereocenters. The molecule has 3 rings (SSSR count). The van der Waals surface area contributed by atoms with Crippen LogP contribution in [0.2, 0.25) is 0 Å². The number of thioether (sulfide) groups is 1. The molecular formula is C20H23FN3O5S-. The number of nitrogens with zero attached hydrogens (tertiary/aromatic N) is 3. The van der Waals surface area contributed by atoms with Crippen molar-refractivity contribution in [1.29, 1.82) is 0 Å². The van der Waals surface area contributed by atoms with Crippen LogP contribution in [-0.4, -0.2) is 74.7 Å². The van der Waals surface area contributed by atoms with E-state index in [4.69, 9.17) is 0 Å². The van der Waals surface area contributed by atoms with Crippen LogP contribution in [0, 0.1) is 5.82 Å². The molecule has 2 aliphatic rings. The predicted molar refractivity (Wildman–Crippen MR) is 106 cm³/mol. The molecule has 2 fully saturated rings. The maximum Gasteiger partial charge on any atom is 0.327 e. The van der Waals surface area contributed by atoms with Crippen LogP contribution in [0.5, 0.6) is 0 Å². The maximum absolute atomic E-state index is 13.6. The molecule has 30 heavy (non-hydrogen) atoms. The first-order valence-corrected chi connectivity index (χ1v) is 10.8. The fraction of sp³-hybridized carbons (Fsp3) is 0.500. The standard InChI is InChI=1S/C20H24FN3O5S/c1-12(2)24-19(28)18-15(6-7-22(18)16(25)10-30-11-17(26)27)23(20(24)29)9-13-4-3-5-14(21)8-13/h3-5,8,12,15,18H,6-7,9-11H2,1-2H3,(H,26,27)/p-1/t15-,18+/m1/s1. The number of fused-ring (bicyclic) bond motifs is 1. The Hall–Kier alpha value is -2.62. The van der Waals surface area contributed by atoms with Crippen LogP contribution in [-0.2, 0) is 20.9 Å². The summed E-state index contributed by atoms with van der Waals surface area (Å²) in [6, 6.07) is 3.69. The highest BCUT2D eigenvalue weighted by Crippen LogP contribution is 2.33. The lowest BCUT2D eigenvalue weighted by molar-refractivity contribution is -0.301. The Morgan fingerprint density at radius 1 is 1.27 bits per heavy atom. The van der Waals surface area contributed by atoms with Crippen LogP contribution in [0.15, 0.2) is 24.3 Å². The summed E-state index contributed by atoms with van der Waals surface area (Å²) in [6.07, 6.45) is 0.417. The van der Waals surface area contributed by atoms with E-state index < -0.39 is 41.9 Å². The van der Waals surface area contributed by atoms with Gasteiger partial charge in [0.25, 0.3) is 5.91 Å². The molecule has 0 spiro atoms. The fourth-order valence-electron chi connectivity index (χ4n) is 3.99. The number of aliphatic carboxylic acids is 1. The van der Waals surface area contributed by atoms with E-state index in [1.165, 1.54) is 21.9 Å². The predicted octanol–water partition coefficient (Wildman–Crippen LogP) is 0.451. The molecule has 1 aromatic carbocycles. The number of rotatable bonds is 7. The van der Waals surface area contributed by atoms with Crippen molar-refractivity contribution >= 4 is 35.6 Å². The van der Waals surface area contributed by atoms with Gasteiger partial charge in [-0.05, 0) is 38.0 Å². The zero-order chi connectivity index (χ0) is 22.0. The fourth-order valence-corrected chi connectivity index (χ4v) is 4.60. The number of hydrogen-bond acceptors (Lipinski definition) is 6. The van der Waals surface area contributed by atoms with Gasteiger partial charge in [-0.15, -0.1) is 11.8 Å². The Kier molecular flexibility index (Phi) is 6.64. The summed E-state index contributed by atoms with van der Waals surface area (Å²) >= 11 is 0.909. The van der Waals surface area contributed by atoms with Crippen molar-refractivity contribution in [3.05, 3.63) is 35.6 Å². The van der Waals surface area contributed by atoms with E-state index in [1.807, 2.05) is 0 Å². The van der Waals surface area contributed by atoms with Crippen LogP contribution in [0.4, 0.5) is 9.18 Å². The number of hydrogen-bond donors (Lipinski definition) is 0. The zero-order valence-corrected chi connectivity index (χ0v) is 17.6. The lowest BCUT2D eigenvalue weighted by Crippen LogP contribution is -2.67. The van der Waals surface area contributed by atoms with E-state index in [1.54, 1.807) is 26.0 Å². The van der Waals surface area contributed by atoms with Crippen LogP contribution in [0.25, 0.3) is 0 Å². The Morgan fingerprint density at radius 2 is 2.00 bits per heavy atom. The molecule has 2 atom stereocenters. The minimum Gasteiger partial charge on any atom is -0.549 e. The van der Waals surface area contributed by atoms with E-state index >= 15 is 0 Å². The summed E-state index contributed by atoms with van der Waals surface area (Å²) in [6.45, 7) is 3.83. The van der Waals surface area contributed by atoms with Gasteiger partial charge >= 0.3 is 6.03 Å². The first-order chi connectivity index (χ1) is 14.2. The molecule has 2 aliphatic heterocycles. The summed E-state index contributed by atoms with van der Waals surface area (Å²) < 4.78 is 13.6. The van der Waals surface area contributed by atoms with Crippen LogP contribution in [0.3, 0.4) is 0 Å². The highest BCUT2D eigenvalue weighted by Gasteiger charge is 2.53. The van der Waals surface area contributed by atoms with E-state index in [0.29, 0.717) is 12.0 Å². The third-order valence-electron chi connectivity index (χ3n) is 5.23. The molecule has 2 saturated heterocycles. The summed E-state index contributed by atoms with van der Waals surface area (Å²) in [5.41, 5.74) is 0.592. The van der Waals surface area contributed by atoms with E-state index in [-0.39, 0.29) is 30.5 Å². The minimum absolute atomic E-state index is 0.0933. The van der Waals surface area contributed by atoms with Crippen LogP contribution >= 0.6 is 11.8 Å². The first-order valence-electron chi connectivity index (χ1n) is 9.66. The van der Waals surface area contributed by atoms with Gasteiger partial charge in [0.2, 0.25) is 5.91 Å². The highest BCUT2D eigenvalue weighted by atomic mass is 32.2. The number of urea groups is 1. The number of carboxylic acid groups (broad SMARTS) is 1. The Bertz CT molecular complexity index is 865. The Balaban J connectivity index is 1.85. The number of imide groups is 1. The molecule has 0 bridgehead atoms. The second-order valence-corrected chi connectivity index (χ2v) is 8.58. The number of carbonyl (C=O) groups excluding carboxylic acids is 4. The average Bonchev–Trinajstić information content (AvgIpc) is 3.10. The second kappa shape index (κ2) is 9.03. The Labute approximate surface area is 178 Å². The van der Waals surface area contributed by atoms with Crippen LogP contribution < -0.4 is 5.11 Å². The number of likely N-dealkylation sites (tertiary alicyclic amines) is 1. The highest BCUT2D eigenvalue weighted by molar-refractivity contribution is 8.00. The largest absolute Gasteiger partial charge is 0.549 e. The monoisotopic (exact) mass is 436 g/mol. The molecule has 8 nitrogen and oxygen atoms in total. The number of carbonyl (C=O) groups is 4. The molecule has 0 aliphatic carbocycles. The SMILES string of the molecule is CC(C)N1C(=O)[C@@H]2[C@@H](CCN2C(=O)CSCC(=O)[O-])N(Cc2cccc(F)c2)C1=O. The molecule has 0 saturated carbocycles. The van der Waals surface area contributed by atoms with Crippen molar-refractivity contribution in [2.24, 2.45) is 0 Å². The van der Waals surface area contributed by atoms with Gasteiger partial charge in [0.05, 0.1) is 17.8 Å². The molecule has 4 amide bonds. The lowest BCUT2D eigenvalue weighted by atomic mass is 10.0. The second-order valence-electron chi connectivity index (χ2n) is 7.60. The summed E-state index contributed by atoms with van der Waals surface area (Å²) in [5.74, 6) is -2.89. The van der Waals surface area contributed by atoms with Crippen molar-refractivity contribution in [2.45, 2.75) is 44.9 Å². The number of halogens is 1. The van der Waals surface area contributed by atoms with Gasteiger partial charge in [0.1, 0.15) is 11.9 Å². The topological polar surface area (TPSA) is 101 Å². The lowest BCUT2D eigenvalue weighted by Gasteiger charge is -2.45. The molecule has 2 heterocycles. The molecule has 0 N–H and O–H groups in total. The van der Waals surface area contributed by atoms with Crippen LogP contribution in [0.1, 0.15) is 25.8 Å². The minimum atomic E-state index is -1.27. The third-order valence-corrected chi connectivity index (χ3v) is 6.12. The normalized spacial score (nSPS) is 21.4. The van der Waals surface area contributed by atoms with Crippen molar-refractivity contribution in [2.75, 3.05) is 18.1 Å². The van der Waals surface area contributed by atoms with Gasteiger partial charge in [-0.2, -0.15) is 0 Å². The Morgan fingerprint density at radius 3 is 2.63 bits per heavy atom. The van der Waals surface area contributed by atoms with Crippen molar-refractivity contribution in [3.63, 3.8) is 0 Å². The van der Waals surface area contributed by atoms with Gasteiger partial charge < -0.3 is 19.7 Å². The van der Waals surface area contributed by atoms with Gasteiger partial charge in [-0.25, -0.2) is 9.18 Å². The molecule has 0 radical (unpaired) electrons. The molecule has 1 aromatic rings. The number of amides is 4. The van der Waals surface area contributed by atoms with Crippen molar-refractivity contribution in [3.8, 4) is 0 Å². The number of carboxylic acids is 1. The average molecular weight is 436 g/mol. The zero-order valence-electron chi connectivity index (χ0n) is 16.7. The van der Waals surface area contributed by atoms with Gasteiger partial charge in [0.15, 0.2) is 0 Å². The van der Waals surface area contributed by atoms with Crippen molar-refractivity contribution < 1.29 is 28.7 Å². The molecule has 162 valence electrons. The van der Waals surface area contributed by atoms with E-state index in [2.05, 4.69) is 0 Å². The van der Waals surface area contributed by atoms with Gasteiger partial charge in [0, 0.05) is 24.9 Å². The summed E-state index contributed by atoms with van der Waals surface area (Å²) in [5, 5.41) is 10.6. The quantitative estimate of drug-likeness (QED) is 0.615. The summed E-state index contributed by atoms with van der Waals surface area (Å²) in [4.78, 5) is 53.6. The molecular weight excluding hydrogens is 413 g/mol.